The van der Waals surface area contributed by atoms with Gasteiger partial charge in [-0.05, 0) is 51.3 Å². The lowest BCUT2D eigenvalue weighted by Crippen LogP contribution is -2.48. The third kappa shape index (κ3) is 8.90. The van der Waals surface area contributed by atoms with E-state index in [4.69, 9.17) is 9.47 Å². The van der Waals surface area contributed by atoms with Gasteiger partial charge in [0.15, 0.2) is 10.1 Å². The van der Waals surface area contributed by atoms with E-state index in [9.17, 15) is 26.7 Å². The molecule has 260 valence electrons. The van der Waals surface area contributed by atoms with E-state index in [0.717, 1.165) is 6.42 Å². The summed E-state index contributed by atoms with van der Waals surface area (Å²) in [5.74, 6) is -0.603. The Bertz CT molecular complexity index is 1740. The number of rotatable bonds is 9. The first-order chi connectivity index (χ1) is 22.1. The van der Waals surface area contributed by atoms with Crippen LogP contribution < -0.4 is 9.46 Å². The summed E-state index contributed by atoms with van der Waals surface area (Å²) < 4.78 is 71.9. The van der Waals surface area contributed by atoms with Gasteiger partial charge in [-0.2, -0.15) is 12.7 Å². The van der Waals surface area contributed by atoms with E-state index < -0.39 is 38.1 Å². The number of fused-ring (bicyclic) bond motifs is 1. The van der Waals surface area contributed by atoms with Gasteiger partial charge in [0.25, 0.3) is 26.0 Å². The lowest BCUT2D eigenvalue weighted by molar-refractivity contribution is -0.00835. The van der Waals surface area contributed by atoms with Gasteiger partial charge in [-0.15, -0.1) is 0 Å². The Kier molecular flexibility index (Phi) is 11.7. The van der Waals surface area contributed by atoms with Crippen LogP contribution in [0.25, 0.3) is 0 Å². The molecule has 17 heteroatoms. The largest absolute Gasteiger partial charge is 0.490 e. The number of carbonyl (C=O) groups is 1. The van der Waals surface area contributed by atoms with Crippen LogP contribution in [0.4, 0.5) is 5.69 Å². The van der Waals surface area contributed by atoms with Crippen LogP contribution in [-0.4, -0.2) is 108 Å². The molecule has 3 aromatic rings. The minimum absolute atomic E-state index is 0.00512. The molecule has 4 rings (SSSR count). The van der Waals surface area contributed by atoms with Crippen molar-refractivity contribution in [3.63, 3.8) is 0 Å². The second-order valence-electron chi connectivity index (χ2n) is 12.2. The van der Waals surface area contributed by atoms with Crippen molar-refractivity contribution in [1.29, 1.82) is 0 Å². The second kappa shape index (κ2) is 15.1. The highest BCUT2D eigenvalue weighted by Gasteiger charge is 2.33. The number of aliphatic hydroxyl groups is 1. The number of aromatic nitrogens is 4. The Morgan fingerprint density at radius 2 is 1.72 bits per heavy atom. The number of hydrogen-bond donors (Lipinski definition) is 2. The highest BCUT2D eigenvalue weighted by molar-refractivity contribution is 7.92. The van der Waals surface area contributed by atoms with Crippen LogP contribution in [0.1, 0.15) is 50.4 Å². The molecule has 0 radical (unpaired) electrons. The van der Waals surface area contributed by atoms with E-state index >= 15 is 0 Å². The van der Waals surface area contributed by atoms with Crippen LogP contribution in [-0.2, 0) is 38.9 Å². The first-order valence-corrected chi connectivity index (χ1v) is 18.3. The van der Waals surface area contributed by atoms with Crippen molar-refractivity contribution in [2.45, 2.75) is 68.3 Å². The van der Waals surface area contributed by atoms with Crippen molar-refractivity contribution in [2.24, 2.45) is 20.0 Å². The molecular formula is C30H45N7O8S2. The third-order valence-electron chi connectivity index (χ3n) is 8.05. The van der Waals surface area contributed by atoms with Crippen LogP contribution in [0.5, 0.6) is 5.75 Å². The van der Waals surface area contributed by atoms with Gasteiger partial charge in [0.05, 0.1) is 43.1 Å². The van der Waals surface area contributed by atoms with Crippen LogP contribution in [0.2, 0.25) is 0 Å². The molecule has 2 N–H and O–H groups in total. The zero-order chi connectivity index (χ0) is 34.5. The van der Waals surface area contributed by atoms with E-state index in [1.807, 2.05) is 13.8 Å². The Hall–Kier alpha value is -3.51. The third-order valence-corrected chi connectivity index (χ3v) is 11.0. The topological polar surface area (TPSA) is 178 Å². The van der Waals surface area contributed by atoms with Gasteiger partial charge in [-0.1, -0.05) is 6.92 Å². The van der Waals surface area contributed by atoms with Crippen molar-refractivity contribution >= 4 is 31.6 Å². The number of carbonyl (C=O) groups excluding carboxylic acids is 1. The maximum Gasteiger partial charge on any atom is 0.280 e. The Morgan fingerprint density at radius 3 is 2.34 bits per heavy atom. The molecule has 0 saturated heterocycles. The molecule has 3 heterocycles. The molecule has 47 heavy (non-hydrogen) atoms. The molecule has 0 saturated carbocycles. The Labute approximate surface area is 276 Å². The normalized spacial score (nSPS) is 21.1. The molecule has 2 aromatic heterocycles. The maximum atomic E-state index is 14.3. The number of amides is 1. The summed E-state index contributed by atoms with van der Waals surface area (Å²) in [6.45, 7) is 5.56. The van der Waals surface area contributed by atoms with Gasteiger partial charge < -0.3 is 28.6 Å². The fourth-order valence-corrected chi connectivity index (χ4v) is 7.39. The lowest BCUT2D eigenvalue weighted by Gasteiger charge is -2.35. The number of nitrogens with zero attached hydrogens (tertiary/aromatic N) is 6. The number of aryl methyl sites for hydroxylation is 2. The van der Waals surface area contributed by atoms with Crippen molar-refractivity contribution in [1.82, 2.24) is 28.3 Å². The quantitative estimate of drug-likeness (QED) is 0.337. The van der Waals surface area contributed by atoms with Gasteiger partial charge in [-0.25, -0.2) is 18.4 Å². The van der Waals surface area contributed by atoms with E-state index in [2.05, 4.69) is 14.7 Å². The summed E-state index contributed by atoms with van der Waals surface area (Å²) in [4.78, 5) is 23.7. The van der Waals surface area contributed by atoms with Crippen LogP contribution in [0, 0.1) is 5.92 Å². The summed E-state index contributed by atoms with van der Waals surface area (Å²) in [7, 11) is -3.16. The van der Waals surface area contributed by atoms with E-state index in [-0.39, 0.29) is 58.8 Å². The van der Waals surface area contributed by atoms with Crippen molar-refractivity contribution in [2.75, 3.05) is 38.1 Å². The molecule has 0 unspecified atom stereocenters. The highest BCUT2D eigenvalue weighted by atomic mass is 32.2. The van der Waals surface area contributed by atoms with Crippen LogP contribution >= 0.6 is 0 Å². The molecule has 15 nitrogen and oxygen atoms in total. The summed E-state index contributed by atoms with van der Waals surface area (Å²) in [5.41, 5.74) is 0.238. The number of anilines is 1. The maximum absolute atomic E-state index is 14.3. The molecule has 0 fully saturated rings. The molecular weight excluding hydrogens is 651 g/mol. The van der Waals surface area contributed by atoms with Gasteiger partial charge in [0, 0.05) is 64.8 Å². The number of sulfonamides is 2. The zero-order valence-corrected chi connectivity index (χ0v) is 29.2. The zero-order valence-electron chi connectivity index (χ0n) is 27.6. The predicted molar refractivity (Wildman–Crippen MR) is 174 cm³/mol. The molecule has 0 spiro atoms. The molecule has 4 atom stereocenters. The molecule has 1 aliphatic rings. The molecule has 1 aliphatic heterocycles. The fraction of sp³-hybridized carbons (Fsp3) is 0.567. The summed E-state index contributed by atoms with van der Waals surface area (Å²) >= 11 is 0. The van der Waals surface area contributed by atoms with Gasteiger partial charge in [-0.3, -0.25) is 9.52 Å². The molecule has 1 aromatic carbocycles. The standard InChI is InChI=1S/C30H45N7O8S2/c1-21-14-37(22(2)18-38)30(39)25-13-24(33-46(40,41)28-16-34(4)19-31-28)10-11-26(25)45-23(3)9-7-8-12-44-27(21)15-36(6)47(42,43)29-17-35(5)20-32-29/h10-11,13,16-17,19-23,27,33,38H,7-9,12,14-15,18H2,1-6H3/t21-,22-,23-,27-/m0/s1. The number of likely N-dealkylation sites (N-methyl/N-ethyl adjacent to an activating group) is 1. The first-order valence-electron chi connectivity index (χ1n) is 15.4. The Morgan fingerprint density at radius 1 is 1.06 bits per heavy atom. The molecule has 1 amide bonds. The number of hydrogen-bond acceptors (Lipinski definition) is 10. The van der Waals surface area contributed by atoms with Gasteiger partial charge in [0.1, 0.15) is 5.75 Å². The summed E-state index contributed by atoms with van der Waals surface area (Å²) in [5, 5.41) is 9.92. The number of aliphatic hydroxyl groups excluding tert-OH is 1. The minimum Gasteiger partial charge on any atom is -0.490 e. The van der Waals surface area contributed by atoms with Crippen molar-refractivity contribution < 1.29 is 36.2 Å². The number of imidazole rings is 2. The van der Waals surface area contributed by atoms with Gasteiger partial charge in [0.2, 0.25) is 0 Å². The Balaban J connectivity index is 1.67. The molecule has 0 bridgehead atoms. The minimum atomic E-state index is -4.05. The molecule has 0 aliphatic carbocycles. The van der Waals surface area contributed by atoms with Crippen molar-refractivity contribution in [3.05, 3.63) is 48.8 Å². The van der Waals surface area contributed by atoms with Gasteiger partial charge >= 0.3 is 0 Å². The van der Waals surface area contributed by atoms with Crippen LogP contribution in [0.3, 0.4) is 0 Å². The number of benzene rings is 1. The monoisotopic (exact) mass is 695 g/mol. The van der Waals surface area contributed by atoms with E-state index in [0.29, 0.717) is 19.4 Å². The van der Waals surface area contributed by atoms with Crippen LogP contribution in [0.15, 0.2) is 53.3 Å². The number of nitrogens with one attached hydrogen (secondary N) is 1. The van der Waals surface area contributed by atoms with E-state index in [1.165, 1.54) is 58.0 Å². The lowest BCUT2D eigenvalue weighted by atomic mass is 10.0. The highest BCUT2D eigenvalue weighted by Crippen LogP contribution is 2.29. The van der Waals surface area contributed by atoms with E-state index in [1.54, 1.807) is 31.7 Å². The average Bonchev–Trinajstić information content (AvgIpc) is 3.67. The predicted octanol–water partition coefficient (Wildman–Crippen LogP) is 2.07. The summed E-state index contributed by atoms with van der Waals surface area (Å²) in [6, 6.07) is 3.85. The second-order valence-corrected chi connectivity index (χ2v) is 15.8. The summed E-state index contributed by atoms with van der Waals surface area (Å²) in [6.07, 6.45) is 6.79. The smallest absolute Gasteiger partial charge is 0.280 e. The SMILES string of the molecule is C[C@H]1CCCCO[C@@H](CN(C)S(=O)(=O)c2cn(C)cn2)[C@@H](C)CN([C@@H](C)CO)C(=O)c2cc(NS(=O)(=O)c3cn(C)cn3)ccc2O1. The average molecular weight is 696 g/mol. The first kappa shape index (κ1) is 36.3. The van der Waals surface area contributed by atoms with Crippen molar-refractivity contribution in [3.8, 4) is 5.75 Å². The number of ether oxygens (including phenoxy) is 2. The fourth-order valence-electron chi connectivity index (χ4n) is 5.22.